The summed E-state index contributed by atoms with van der Waals surface area (Å²) in [5.41, 5.74) is 2.17. The Morgan fingerprint density at radius 3 is 3.00 bits per heavy atom. The maximum atomic E-state index is 12.2. The summed E-state index contributed by atoms with van der Waals surface area (Å²) in [5.74, 6) is 0.304. The third kappa shape index (κ3) is 2.88. The normalized spacial score (nSPS) is 31.6. The SMILES string of the molecule is Cc1cccc(CN2C[C@H](N3CCCC3=O)[C@@H]3OCCC[C@@H]32)n1. The lowest BCUT2D eigenvalue weighted by Gasteiger charge is -2.34. The number of ether oxygens (including phenoxy) is 1. The highest BCUT2D eigenvalue weighted by atomic mass is 16.5. The molecule has 1 aromatic rings. The van der Waals surface area contributed by atoms with E-state index in [1.165, 1.54) is 0 Å². The molecule has 4 rings (SSSR count). The molecule has 3 atom stereocenters. The molecule has 23 heavy (non-hydrogen) atoms. The quantitative estimate of drug-likeness (QED) is 0.852. The van der Waals surface area contributed by atoms with Gasteiger partial charge in [-0.1, -0.05) is 6.07 Å². The van der Waals surface area contributed by atoms with Crippen LogP contribution in [0.5, 0.6) is 0 Å². The van der Waals surface area contributed by atoms with Gasteiger partial charge < -0.3 is 9.64 Å². The molecular weight excluding hydrogens is 290 g/mol. The Labute approximate surface area is 137 Å². The first kappa shape index (κ1) is 15.1. The number of likely N-dealkylation sites (tertiary alicyclic amines) is 2. The standard InChI is InChI=1S/C18H25N3O2/c1-13-5-2-6-14(19-13)11-20-12-16(21-9-3-8-17(21)22)18-15(20)7-4-10-23-18/h2,5-6,15-16,18H,3-4,7-12H2,1H3/t15-,16-,18+/m0/s1. The van der Waals surface area contributed by atoms with E-state index in [4.69, 9.17) is 4.74 Å². The van der Waals surface area contributed by atoms with Crippen LogP contribution in [-0.2, 0) is 16.1 Å². The van der Waals surface area contributed by atoms with Crippen LogP contribution in [0.15, 0.2) is 18.2 Å². The lowest BCUT2D eigenvalue weighted by atomic mass is 10.00. The van der Waals surface area contributed by atoms with E-state index in [0.29, 0.717) is 18.4 Å². The maximum absolute atomic E-state index is 12.2. The molecule has 5 heteroatoms. The Morgan fingerprint density at radius 2 is 2.22 bits per heavy atom. The fraction of sp³-hybridized carbons (Fsp3) is 0.667. The lowest BCUT2D eigenvalue weighted by Crippen LogP contribution is -2.48. The van der Waals surface area contributed by atoms with E-state index < -0.39 is 0 Å². The number of amides is 1. The van der Waals surface area contributed by atoms with Crippen LogP contribution in [-0.4, -0.2) is 58.6 Å². The number of pyridine rings is 1. The summed E-state index contributed by atoms with van der Waals surface area (Å²) in [5, 5.41) is 0. The molecule has 1 aromatic heterocycles. The minimum atomic E-state index is 0.176. The summed E-state index contributed by atoms with van der Waals surface area (Å²) in [6, 6.07) is 6.85. The summed E-state index contributed by atoms with van der Waals surface area (Å²) < 4.78 is 6.11. The van der Waals surface area contributed by atoms with Crippen molar-refractivity contribution in [3.05, 3.63) is 29.6 Å². The number of fused-ring (bicyclic) bond motifs is 1. The van der Waals surface area contributed by atoms with Gasteiger partial charge in [0.1, 0.15) is 0 Å². The molecule has 3 saturated heterocycles. The number of hydrogen-bond donors (Lipinski definition) is 0. The Hall–Kier alpha value is -1.46. The van der Waals surface area contributed by atoms with E-state index in [-0.39, 0.29) is 12.1 Å². The van der Waals surface area contributed by atoms with Crippen LogP contribution >= 0.6 is 0 Å². The molecule has 4 heterocycles. The molecule has 0 radical (unpaired) electrons. The van der Waals surface area contributed by atoms with Crippen molar-refractivity contribution in [2.75, 3.05) is 19.7 Å². The van der Waals surface area contributed by atoms with Crippen LogP contribution in [0.2, 0.25) is 0 Å². The Bertz CT molecular complexity index is 591. The predicted molar refractivity (Wildman–Crippen MR) is 86.9 cm³/mol. The maximum Gasteiger partial charge on any atom is 0.223 e. The topological polar surface area (TPSA) is 45.7 Å². The number of carbonyl (C=O) groups excluding carboxylic acids is 1. The van der Waals surface area contributed by atoms with Crippen molar-refractivity contribution in [3.8, 4) is 0 Å². The number of nitrogens with zero attached hydrogens (tertiary/aromatic N) is 3. The molecule has 0 saturated carbocycles. The fourth-order valence-corrected chi connectivity index (χ4v) is 4.40. The van der Waals surface area contributed by atoms with Crippen molar-refractivity contribution < 1.29 is 9.53 Å². The van der Waals surface area contributed by atoms with Gasteiger partial charge in [0, 0.05) is 44.4 Å². The summed E-state index contributed by atoms with van der Waals surface area (Å²) in [6.45, 7) is 5.52. The zero-order valence-electron chi connectivity index (χ0n) is 13.8. The van der Waals surface area contributed by atoms with Crippen molar-refractivity contribution in [2.45, 2.75) is 57.3 Å². The first-order valence-corrected chi connectivity index (χ1v) is 8.80. The van der Waals surface area contributed by atoms with Gasteiger partial charge in [-0.25, -0.2) is 0 Å². The molecule has 0 spiro atoms. The van der Waals surface area contributed by atoms with Gasteiger partial charge in [-0.15, -0.1) is 0 Å². The van der Waals surface area contributed by atoms with Crippen molar-refractivity contribution in [1.29, 1.82) is 0 Å². The molecule has 0 aliphatic carbocycles. The predicted octanol–water partition coefficient (Wildman–Crippen LogP) is 1.74. The van der Waals surface area contributed by atoms with E-state index in [1.54, 1.807) is 0 Å². The molecule has 1 amide bonds. The van der Waals surface area contributed by atoms with Crippen LogP contribution in [0.4, 0.5) is 0 Å². The van der Waals surface area contributed by atoms with Gasteiger partial charge in [0.2, 0.25) is 5.91 Å². The molecule has 0 N–H and O–H groups in total. The minimum Gasteiger partial charge on any atom is -0.374 e. The number of rotatable bonds is 3. The van der Waals surface area contributed by atoms with Gasteiger partial charge in [0.25, 0.3) is 0 Å². The second-order valence-electron chi connectivity index (χ2n) is 7.00. The van der Waals surface area contributed by atoms with Gasteiger partial charge in [-0.3, -0.25) is 14.7 Å². The molecule has 0 bridgehead atoms. The van der Waals surface area contributed by atoms with Crippen LogP contribution in [0, 0.1) is 6.92 Å². The molecule has 3 aliphatic rings. The largest absolute Gasteiger partial charge is 0.374 e. The van der Waals surface area contributed by atoms with E-state index in [2.05, 4.69) is 26.9 Å². The number of aromatic nitrogens is 1. The smallest absolute Gasteiger partial charge is 0.223 e. The van der Waals surface area contributed by atoms with E-state index in [9.17, 15) is 4.79 Å². The second kappa shape index (κ2) is 6.21. The third-order valence-corrected chi connectivity index (χ3v) is 5.43. The van der Waals surface area contributed by atoms with E-state index in [0.717, 1.165) is 56.9 Å². The number of aryl methyl sites for hydroxylation is 1. The van der Waals surface area contributed by atoms with Crippen molar-refractivity contribution in [1.82, 2.24) is 14.8 Å². The molecule has 0 aromatic carbocycles. The zero-order chi connectivity index (χ0) is 15.8. The highest BCUT2D eigenvalue weighted by Gasteiger charge is 2.48. The molecule has 3 aliphatic heterocycles. The second-order valence-corrected chi connectivity index (χ2v) is 7.00. The van der Waals surface area contributed by atoms with Crippen molar-refractivity contribution in [2.24, 2.45) is 0 Å². The van der Waals surface area contributed by atoms with Gasteiger partial charge >= 0.3 is 0 Å². The monoisotopic (exact) mass is 315 g/mol. The van der Waals surface area contributed by atoms with Crippen LogP contribution in [0.3, 0.4) is 0 Å². The fourth-order valence-electron chi connectivity index (χ4n) is 4.40. The Balaban J connectivity index is 1.54. The number of carbonyl (C=O) groups is 1. The van der Waals surface area contributed by atoms with Gasteiger partial charge in [0.15, 0.2) is 0 Å². The summed E-state index contributed by atoms with van der Waals surface area (Å²) in [7, 11) is 0. The van der Waals surface area contributed by atoms with Crippen LogP contribution in [0.25, 0.3) is 0 Å². The Morgan fingerprint density at radius 1 is 1.30 bits per heavy atom. The van der Waals surface area contributed by atoms with E-state index >= 15 is 0 Å². The molecule has 124 valence electrons. The molecular formula is C18H25N3O2. The van der Waals surface area contributed by atoms with Crippen LogP contribution in [0.1, 0.15) is 37.1 Å². The number of hydrogen-bond acceptors (Lipinski definition) is 4. The van der Waals surface area contributed by atoms with Gasteiger partial charge in [0.05, 0.1) is 17.8 Å². The van der Waals surface area contributed by atoms with Crippen molar-refractivity contribution in [3.63, 3.8) is 0 Å². The summed E-state index contributed by atoms with van der Waals surface area (Å²) >= 11 is 0. The lowest BCUT2D eigenvalue weighted by molar-refractivity contribution is -0.132. The molecule has 5 nitrogen and oxygen atoms in total. The minimum absolute atomic E-state index is 0.176. The van der Waals surface area contributed by atoms with Gasteiger partial charge in [-0.2, -0.15) is 0 Å². The summed E-state index contributed by atoms with van der Waals surface area (Å²) in [4.78, 5) is 21.4. The average Bonchev–Trinajstić information content (AvgIpc) is 3.12. The van der Waals surface area contributed by atoms with Crippen molar-refractivity contribution >= 4 is 5.91 Å². The molecule has 0 unspecified atom stereocenters. The Kier molecular flexibility index (Phi) is 4.07. The van der Waals surface area contributed by atoms with E-state index in [1.807, 2.05) is 13.0 Å². The average molecular weight is 315 g/mol. The highest BCUT2D eigenvalue weighted by Crippen LogP contribution is 2.34. The third-order valence-electron chi connectivity index (χ3n) is 5.43. The zero-order valence-corrected chi connectivity index (χ0v) is 13.8. The first-order chi connectivity index (χ1) is 11.2. The highest BCUT2D eigenvalue weighted by molar-refractivity contribution is 5.78. The van der Waals surface area contributed by atoms with Crippen LogP contribution < -0.4 is 0 Å². The van der Waals surface area contributed by atoms with Gasteiger partial charge in [-0.05, 0) is 38.3 Å². The summed E-state index contributed by atoms with van der Waals surface area (Å²) in [6.07, 6.45) is 4.14. The first-order valence-electron chi connectivity index (χ1n) is 8.80. The molecule has 3 fully saturated rings.